The van der Waals surface area contributed by atoms with Crippen LogP contribution in [0.1, 0.15) is 24.2 Å². The predicted octanol–water partition coefficient (Wildman–Crippen LogP) is 2.46. The number of rotatable bonds is 8. The fraction of sp³-hybridized carbons (Fsp3) is 0.462. The number of hydrogen-bond donors (Lipinski definition) is 0. The van der Waals surface area contributed by atoms with Gasteiger partial charge in [0.05, 0.1) is 11.5 Å². The van der Waals surface area contributed by atoms with E-state index in [0.29, 0.717) is 25.4 Å². The van der Waals surface area contributed by atoms with Gasteiger partial charge in [0.1, 0.15) is 12.9 Å². The molecule has 0 atom stereocenters. The second-order valence-corrected chi connectivity index (χ2v) is 4.42. The molecule has 0 amide bonds. The highest BCUT2D eigenvalue weighted by atomic mass is 16.6. The first-order valence-corrected chi connectivity index (χ1v) is 5.98. The summed E-state index contributed by atoms with van der Waals surface area (Å²) in [6.45, 7) is 5.28. The molecule has 0 bridgehead atoms. The standard InChI is InChI=1S/C13H17NO5/c1-10(2)9-18-5-6-19-13-4-3-11(8-15)7-12(13)14(16)17/h3-4,7-8,10H,5-6,9H2,1-2H3. The van der Waals surface area contributed by atoms with Gasteiger partial charge in [0.15, 0.2) is 5.75 Å². The summed E-state index contributed by atoms with van der Waals surface area (Å²) in [6.07, 6.45) is 0.558. The van der Waals surface area contributed by atoms with E-state index >= 15 is 0 Å². The third-order valence-electron chi connectivity index (χ3n) is 2.25. The van der Waals surface area contributed by atoms with Crippen LogP contribution in [0.5, 0.6) is 5.75 Å². The Kier molecular flexibility index (Phi) is 5.95. The Balaban J connectivity index is 2.57. The van der Waals surface area contributed by atoms with Crippen LogP contribution in [-0.4, -0.2) is 31.0 Å². The van der Waals surface area contributed by atoms with Gasteiger partial charge >= 0.3 is 5.69 Å². The molecule has 104 valence electrons. The lowest BCUT2D eigenvalue weighted by molar-refractivity contribution is -0.385. The summed E-state index contributed by atoms with van der Waals surface area (Å²) in [5, 5.41) is 10.8. The van der Waals surface area contributed by atoms with E-state index in [2.05, 4.69) is 0 Å². The van der Waals surface area contributed by atoms with Crippen molar-refractivity contribution in [2.24, 2.45) is 5.92 Å². The summed E-state index contributed by atoms with van der Waals surface area (Å²) in [7, 11) is 0. The average molecular weight is 267 g/mol. The van der Waals surface area contributed by atoms with E-state index in [1.54, 1.807) is 0 Å². The Morgan fingerprint density at radius 3 is 2.68 bits per heavy atom. The molecule has 0 aromatic heterocycles. The SMILES string of the molecule is CC(C)COCCOc1ccc(C=O)cc1[N+](=O)[O-]. The largest absolute Gasteiger partial charge is 0.484 e. The lowest BCUT2D eigenvalue weighted by atomic mass is 10.2. The molecule has 6 nitrogen and oxygen atoms in total. The molecule has 0 fully saturated rings. The molecular formula is C13H17NO5. The van der Waals surface area contributed by atoms with Crippen LogP contribution in [0.4, 0.5) is 5.69 Å². The highest BCUT2D eigenvalue weighted by molar-refractivity contribution is 5.77. The number of benzene rings is 1. The van der Waals surface area contributed by atoms with Crippen LogP contribution in [-0.2, 0) is 4.74 Å². The molecule has 19 heavy (non-hydrogen) atoms. The van der Waals surface area contributed by atoms with Gasteiger partial charge in [-0.05, 0) is 18.1 Å². The van der Waals surface area contributed by atoms with Crippen molar-refractivity contribution in [1.29, 1.82) is 0 Å². The Morgan fingerprint density at radius 2 is 2.11 bits per heavy atom. The molecule has 0 saturated carbocycles. The van der Waals surface area contributed by atoms with Gasteiger partial charge in [-0.3, -0.25) is 14.9 Å². The Hall–Kier alpha value is -1.95. The molecule has 0 heterocycles. The minimum Gasteiger partial charge on any atom is -0.484 e. The quantitative estimate of drug-likeness (QED) is 0.313. The first-order valence-electron chi connectivity index (χ1n) is 5.98. The molecule has 1 aromatic rings. The zero-order valence-corrected chi connectivity index (χ0v) is 11.0. The number of aldehydes is 1. The van der Waals surface area contributed by atoms with Gasteiger partial charge in [0.25, 0.3) is 0 Å². The molecule has 1 rings (SSSR count). The number of carbonyl (C=O) groups is 1. The second-order valence-electron chi connectivity index (χ2n) is 4.42. The lowest BCUT2D eigenvalue weighted by Crippen LogP contribution is -2.11. The molecule has 0 aliphatic heterocycles. The van der Waals surface area contributed by atoms with Crippen LogP contribution in [0.3, 0.4) is 0 Å². The molecule has 0 radical (unpaired) electrons. The molecule has 0 N–H and O–H groups in total. The van der Waals surface area contributed by atoms with Gasteiger partial charge in [-0.25, -0.2) is 0 Å². The van der Waals surface area contributed by atoms with Crippen LogP contribution in [0, 0.1) is 16.0 Å². The van der Waals surface area contributed by atoms with Crippen LogP contribution in [0.15, 0.2) is 18.2 Å². The maximum absolute atomic E-state index is 10.8. The summed E-state index contributed by atoms with van der Waals surface area (Å²) < 4.78 is 10.6. The van der Waals surface area contributed by atoms with Crippen molar-refractivity contribution < 1.29 is 19.2 Å². The monoisotopic (exact) mass is 267 g/mol. The Morgan fingerprint density at radius 1 is 1.37 bits per heavy atom. The van der Waals surface area contributed by atoms with Crippen molar-refractivity contribution in [3.8, 4) is 5.75 Å². The highest BCUT2D eigenvalue weighted by Crippen LogP contribution is 2.27. The highest BCUT2D eigenvalue weighted by Gasteiger charge is 2.15. The lowest BCUT2D eigenvalue weighted by Gasteiger charge is -2.09. The van der Waals surface area contributed by atoms with Crippen LogP contribution in [0.25, 0.3) is 0 Å². The normalized spacial score (nSPS) is 10.5. The summed E-state index contributed by atoms with van der Waals surface area (Å²) in [5.74, 6) is 0.574. The molecule has 0 saturated heterocycles. The summed E-state index contributed by atoms with van der Waals surface area (Å²) in [5.41, 5.74) is 0.0311. The third kappa shape index (κ3) is 5.05. The second kappa shape index (κ2) is 7.48. The van der Waals surface area contributed by atoms with Gasteiger partial charge in [-0.1, -0.05) is 13.8 Å². The van der Waals surface area contributed by atoms with Crippen LogP contribution in [0.2, 0.25) is 0 Å². The molecule has 0 unspecified atom stereocenters. The van der Waals surface area contributed by atoms with Crippen molar-refractivity contribution >= 4 is 12.0 Å². The van der Waals surface area contributed by atoms with E-state index in [0.717, 1.165) is 0 Å². The van der Waals surface area contributed by atoms with Gasteiger partial charge < -0.3 is 9.47 Å². The van der Waals surface area contributed by atoms with Crippen LogP contribution >= 0.6 is 0 Å². The molecule has 0 aliphatic carbocycles. The van der Waals surface area contributed by atoms with E-state index < -0.39 is 4.92 Å². The summed E-state index contributed by atoms with van der Waals surface area (Å²) >= 11 is 0. The first-order chi connectivity index (χ1) is 9.04. The molecule has 0 spiro atoms. The van der Waals surface area contributed by atoms with Gasteiger partial charge in [0.2, 0.25) is 0 Å². The van der Waals surface area contributed by atoms with Crippen molar-refractivity contribution in [3.63, 3.8) is 0 Å². The molecule has 6 heteroatoms. The molecule has 1 aromatic carbocycles. The molecule has 0 aliphatic rings. The minimum absolute atomic E-state index is 0.142. The van der Waals surface area contributed by atoms with Gasteiger partial charge in [-0.2, -0.15) is 0 Å². The van der Waals surface area contributed by atoms with Gasteiger partial charge in [0, 0.05) is 18.2 Å². The van der Waals surface area contributed by atoms with E-state index in [1.807, 2.05) is 13.8 Å². The maximum atomic E-state index is 10.8. The number of hydrogen-bond acceptors (Lipinski definition) is 5. The topological polar surface area (TPSA) is 78.7 Å². The van der Waals surface area contributed by atoms with Gasteiger partial charge in [-0.15, -0.1) is 0 Å². The predicted molar refractivity (Wildman–Crippen MR) is 69.6 cm³/mol. The minimum atomic E-state index is -0.572. The van der Waals surface area contributed by atoms with E-state index in [-0.39, 0.29) is 23.6 Å². The van der Waals surface area contributed by atoms with E-state index in [9.17, 15) is 14.9 Å². The van der Waals surface area contributed by atoms with Crippen molar-refractivity contribution in [2.45, 2.75) is 13.8 Å². The zero-order chi connectivity index (χ0) is 14.3. The fourth-order valence-corrected chi connectivity index (χ4v) is 1.40. The van der Waals surface area contributed by atoms with E-state index in [4.69, 9.17) is 9.47 Å². The molecular weight excluding hydrogens is 250 g/mol. The Bertz CT molecular complexity index is 445. The zero-order valence-electron chi connectivity index (χ0n) is 11.0. The van der Waals surface area contributed by atoms with Crippen LogP contribution < -0.4 is 4.74 Å². The fourth-order valence-electron chi connectivity index (χ4n) is 1.40. The number of ether oxygens (including phenoxy) is 2. The third-order valence-corrected chi connectivity index (χ3v) is 2.25. The maximum Gasteiger partial charge on any atom is 0.311 e. The number of nitrogens with zero attached hydrogens (tertiary/aromatic N) is 1. The Labute approximate surface area is 111 Å². The first kappa shape index (κ1) is 15.1. The number of nitro groups is 1. The number of nitro benzene ring substituents is 1. The average Bonchev–Trinajstić information content (AvgIpc) is 2.38. The van der Waals surface area contributed by atoms with Crippen molar-refractivity contribution in [3.05, 3.63) is 33.9 Å². The van der Waals surface area contributed by atoms with Crippen molar-refractivity contribution in [2.75, 3.05) is 19.8 Å². The van der Waals surface area contributed by atoms with E-state index in [1.165, 1.54) is 18.2 Å². The smallest absolute Gasteiger partial charge is 0.311 e. The van der Waals surface area contributed by atoms with Crippen molar-refractivity contribution in [1.82, 2.24) is 0 Å². The summed E-state index contributed by atoms with van der Waals surface area (Å²) in [4.78, 5) is 20.8. The number of carbonyl (C=O) groups excluding carboxylic acids is 1. The summed E-state index contributed by atoms with van der Waals surface area (Å²) in [6, 6.07) is 4.09.